The van der Waals surface area contributed by atoms with E-state index in [-0.39, 0.29) is 11.7 Å². The van der Waals surface area contributed by atoms with E-state index in [1.165, 1.54) is 28.7 Å². The number of thioether (sulfide) groups is 1. The third-order valence-electron chi connectivity index (χ3n) is 2.78. The third-order valence-corrected chi connectivity index (χ3v) is 4.73. The summed E-state index contributed by atoms with van der Waals surface area (Å²) < 4.78 is 5.85. The van der Waals surface area contributed by atoms with Crippen molar-refractivity contribution in [3.63, 3.8) is 0 Å². The standard InChI is InChI=1S/C15H19N3O2S2/c1-3-4-9-20-13(19)10-21-15-18-17-14(22-15)16-12-7-5-11(2)6-8-12/h5-8H,3-4,9-10H2,1-2H3,(H,16,17). The van der Waals surface area contributed by atoms with Crippen LogP contribution in [0.15, 0.2) is 28.6 Å². The topological polar surface area (TPSA) is 64.1 Å². The van der Waals surface area contributed by atoms with Crippen LogP contribution in [0.1, 0.15) is 25.3 Å². The predicted molar refractivity (Wildman–Crippen MR) is 91.0 cm³/mol. The summed E-state index contributed by atoms with van der Waals surface area (Å²) in [4.78, 5) is 11.5. The predicted octanol–water partition coefficient (Wildman–Crippen LogP) is 4.03. The molecule has 0 spiro atoms. The average Bonchev–Trinajstić information content (AvgIpc) is 2.95. The van der Waals surface area contributed by atoms with Crippen LogP contribution in [0.25, 0.3) is 0 Å². The number of carbonyl (C=O) groups is 1. The first-order chi connectivity index (χ1) is 10.7. The zero-order valence-corrected chi connectivity index (χ0v) is 14.3. The minimum atomic E-state index is -0.207. The van der Waals surface area contributed by atoms with Crippen molar-refractivity contribution in [3.05, 3.63) is 29.8 Å². The minimum absolute atomic E-state index is 0.207. The molecule has 22 heavy (non-hydrogen) atoms. The summed E-state index contributed by atoms with van der Waals surface area (Å²) in [7, 11) is 0. The summed E-state index contributed by atoms with van der Waals surface area (Å²) in [6, 6.07) is 8.06. The molecular formula is C15H19N3O2S2. The molecule has 1 aromatic heterocycles. The molecule has 5 nitrogen and oxygen atoms in total. The van der Waals surface area contributed by atoms with Crippen LogP contribution in [0.3, 0.4) is 0 Å². The van der Waals surface area contributed by atoms with E-state index in [2.05, 4.69) is 22.4 Å². The SMILES string of the molecule is CCCCOC(=O)CSc1nnc(Nc2ccc(C)cc2)s1. The first-order valence-corrected chi connectivity index (χ1v) is 8.93. The third kappa shape index (κ3) is 5.65. The second-order valence-corrected chi connectivity index (χ2v) is 6.93. The van der Waals surface area contributed by atoms with Crippen LogP contribution in [0, 0.1) is 6.92 Å². The smallest absolute Gasteiger partial charge is 0.316 e. The lowest BCUT2D eigenvalue weighted by Gasteiger charge is -2.02. The maximum Gasteiger partial charge on any atom is 0.316 e. The Bertz CT molecular complexity index is 599. The molecule has 7 heteroatoms. The number of ether oxygens (including phenoxy) is 1. The fraction of sp³-hybridized carbons (Fsp3) is 0.400. The van der Waals surface area contributed by atoms with Crippen molar-refractivity contribution < 1.29 is 9.53 Å². The molecule has 2 aromatic rings. The van der Waals surface area contributed by atoms with Gasteiger partial charge in [-0.3, -0.25) is 4.79 Å². The van der Waals surface area contributed by atoms with E-state index < -0.39 is 0 Å². The van der Waals surface area contributed by atoms with Gasteiger partial charge in [0.1, 0.15) is 0 Å². The molecule has 0 radical (unpaired) electrons. The Labute approximate surface area is 138 Å². The lowest BCUT2D eigenvalue weighted by molar-refractivity contribution is -0.140. The van der Waals surface area contributed by atoms with Gasteiger partial charge in [-0.2, -0.15) is 0 Å². The number of aromatic nitrogens is 2. The Balaban J connectivity index is 1.78. The molecule has 0 atom stereocenters. The van der Waals surface area contributed by atoms with E-state index >= 15 is 0 Å². The number of hydrogen-bond donors (Lipinski definition) is 1. The van der Waals surface area contributed by atoms with Gasteiger partial charge in [0, 0.05) is 5.69 Å². The molecule has 0 fully saturated rings. The number of unbranched alkanes of at least 4 members (excludes halogenated alkanes) is 1. The molecular weight excluding hydrogens is 318 g/mol. The van der Waals surface area contributed by atoms with E-state index in [0.717, 1.165) is 22.9 Å². The number of aryl methyl sites for hydroxylation is 1. The van der Waals surface area contributed by atoms with Gasteiger partial charge >= 0.3 is 5.97 Å². The summed E-state index contributed by atoms with van der Waals surface area (Å²) in [6.07, 6.45) is 1.92. The van der Waals surface area contributed by atoms with Gasteiger partial charge in [-0.1, -0.05) is 54.1 Å². The first-order valence-electron chi connectivity index (χ1n) is 7.13. The van der Waals surface area contributed by atoms with E-state index in [1.807, 2.05) is 31.2 Å². The maximum atomic E-state index is 11.5. The number of carbonyl (C=O) groups excluding carboxylic acids is 1. The molecule has 0 aliphatic carbocycles. The van der Waals surface area contributed by atoms with Crippen LogP contribution in [-0.2, 0) is 9.53 Å². The largest absolute Gasteiger partial charge is 0.465 e. The molecule has 2 rings (SSSR count). The summed E-state index contributed by atoms with van der Waals surface area (Å²) in [6.45, 7) is 4.60. The Kier molecular flexibility index (Phi) is 6.67. The fourth-order valence-electron chi connectivity index (χ4n) is 1.57. The van der Waals surface area contributed by atoms with Gasteiger partial charge in [-0.25, -0.2) is 0 Å². The minimum Gasteiger partial charge on any atom is -0.465 e. The second kappa shape index (κ2) is 8.75. The van der Waals surface area contributed by atoms with Crippen molar-refractivity contribution in [1.29, 1.82) is 0 Å². The summed E-state index contributed by atoms with van der Waals surface area (Å²) >= 11 is 2.77. The Hall–Kier alpha value is -1.60. The van der Waals surface area contributed by atoms with Crippen molar-refractivity contribution in [2.45, 2.75) is 31.0 Å². The molecule has 0 saturated heterocycles. The van der Waals surface area contributed by atoms with E-state index in [0.29, 0.717) is 11.7 Å². The van der Waals surface area contributed by atoms with Crippen molar-refractivity contribution in [3.8, 4) is 0 Å². The molecule has 0 amide bonds. The van der Waals surface area contributed by atoms with Gasteiger partial charge in [-0.15, -0.1) is 10.2 Å². The number of nitrogens with one attached hydrogen (secondary N) is 1. The van der Waals surface area contributed by atoms with Crippen LogP contribution in [0.2, 0.25) is 0 Å². The summed E-state index contributed by atoms with van der Waals surface area (Å²) in [5, 5.41) is 12.0. The zero-order chi connectivity index (χ0) is 15.8. The number of anilines is 2. The molecule has 1 aromatic carbocycles. The Morgan fingerprint density at radius 1 is 1.32 bits per heavy atom. The lowest BCUT2D eigenvalue weighted by atomic mass is 10.2. The van der Waals surface area contributed by atoms with Crippen molar-refractivity contribution >= 4 is 39.9 Å². The van der Waals surface area contributed by atoms with Crippen LogP contribution in [0.5, 0.6) is 0 Å². The Morgan fingerprint density at radius 2 is 2.09 bits per heavy atom. The molecule has 1 N–H and O–H groups in total. The molecule has 0 saturated carbocycles. The van der Waals surface area contributed by atoms with Crippen LogP contribution in [-0.4, -0.2) is 28.5 Å². The molecule has 1 heterocycles. The molecule has 0 unspecified atom stereocenters. The van der Waals surface area contributed by atoms with Crippen molar-refractivity contribution in [1.82, 2.24) is 10.2 Å². The number of nitrogens with zero attached hydrogens (tertiary/aromatic N) is 2. The number of benzene rings is 1. The van der Waals surface area contributed by atoms with Gasteiger partial charge in [0.05, 0.1) is 12.4 Å². The van der Waals surface area contributed by atoms with Gasteiger partial charge in [0.2, 0.25) is 5.13 Å². The van der Waals surface area contributed by atoms with Gasteiger partial charge in [0.25, 0.3) is 0 Å². The fourth-order valence-corrected chi connectivity index (χ4v) is 3.14. The second-order valence-electron chi connectivity index (χ2n) is 4.73. The normalized spacial score (nSPS) is 10.5. The highest BCUT2D eigenvalue weighted by Crippen LogP contribution is 2.27. The Morgan fingerprint density at radius 3 is 2.82 bits per heavy atom. The molecule has 118 valence electrons. The van der Waals surface area contributed by atoms with E-state index in [4.69, 9.17) is 4.74 Å². The van der Waals surface area contributed by atoms with Crippen LogP contribution >= 0.6 is 23.1 Å². The highest BCUT2D eigenvalue weighted by atomic mass is 32.2. The quantitative estimate of drug-likeness (QED) is 0.446. The zero-order valence-electron chi connectivity index (χ0n) is 12.7. The van der Waals surface area contributed by atoms with E-state index in [1.54, 1.807) is 0 Å². The highest BCUT2D eigenvalue weighted by molar-refractivity contribution is 8.01. The van der Waals surface area contributed by atoms with Gasteiger partial charge in [-0.05, 0) is 25.5 Å². The maximum absolute atomic E-state index is 11.5. The van der Waals surface area contributed by atoms with Crippen molar-refractivity contribution in [2.24, 2.45) is 0 Å². The summed E-state index contributed by atoms with van der Waals surface area (Å²) in [5.41, 5.74) is 2.18. The first kappa shape index (κ1) is 16.8. The van der Waals surface area contributed by atoms with Crippen LogP contribution in [0.4, 0.5) is 10.8 Å². The van der Waals surface area contributed by atoms with E-state index in [9.17, 15) is 4.79 Å². The lowest BCUT2D eigenvalue weighted by Crippen LogP contribution is -2.08. The van der Waals surface area contributed by atoms with Gasteiger partial charge < -0.3 is 10.1 Å². The number of hydrogen-bond acceptors (Lipinski definition) is 7. The van der Waals surface area contributed by atoms with Crippen molar-refractivity contribution in [2.75, 3.05) is 17.7 Å². The molecule has 0 aliphatic rings. The van der Waals surface area contributed by atoms with Gasteiger partial charge in [0.15, 0.2) is 4.34 Å². The molecule has 0 aliphatic heterocycles. The highest BCUT2D eigenvalue weighted by Gasteiger charge is 2.09. The summed E-state index contributed by atoms with van der Waals surface area (Å²) in [5.74, 6) is 0.0600. The average molecular weight is 337 g/mol. The number of rotatable bonds is 8. The van der Waals surface area contributed by atoms with Crippen LogP contribution < -0.4 is 5.32 Å². The number of esters is 1. The molecule has 0 bridgehead atoms. The monoisotopic (exact) mass is 337 g/mol.